The van der Waals surface area contributed by atoms with Crippen LogP contribution in [0.1, 0.15) is 0 Å². The molecule has 0 aliphatic carbocycles. The Hall–Kier alpha value is -2.60. The molecule has 1 fully saturated rings. The fourth-order valence-electron chi connectivity index (χ4n) is 3.14. The number of benzene rings is 2. The Kier molecular flexibility index (Phi) is 4.75. The van der Waals surface area contributed by atoms with Gasteiger partial charge < -0.3 is 24.6 Å². The molecule has 2 heterocycles. The summed E-state index contributed by atoms with van der Waals surface area (Å²) in [6, 6.07) is 13.1. The molecule has 26 heavy (non-hydrogen) atoms. The Balaban J connectivity index is 1.34. The van der Waals surface area contributed by atoms with Crippen molar-refractivity contribution in [1.29, 1.82) is 0 Å². The van der Waals surface area contributed by atoms with Crippen LogP contribution < -0.4 is 19.7 Å². The van der Waals surface area contributed by atoms with Crippen LogP contribution in [0.4, 0.5) is 16.2 Å². The second-order valence-electron chi connectivity index (χ2n) is 6.24. The van der Waals surface area contributed by atoms with E-state index < -0.39 is 0 Å². The average Bonchev–Trinajstić information content (AvgIpc) is 2.68. The van der Waals surface area contributed by atoms with Gasteiger partial charge in [-0.25, -0.2) is 4.79 Å². The largest absolute Gasteiger partial charge is 0.486 e. The molecule has 0 saturated carbocycles. The van der Waals surface area contributed by atoms with E-state index in [1.807, 2.05) is 41.3 Å². The summed E-state index contributed by atoms with van der Waals surface area (Å²) in [4.78, 5) is 16.6. The van der Waals surface area contributed by atoms with Crippen LogP contribution in [0.3, 0.4) is 0 Å². The summed E-state index contributed by atoms with van der Waals surface area (Å²) in [6.45, 7) is 3.98. The highest BCUT2D eigenvalue weighted by Crippen LogP contribution is 2.32. The van der Waals surface area contributed by atoms with Crippen molar-refractivity contribution in [2.75, 3.05) is 49.6 Å². The third-order valence-electron chi connectivity index (χ3n) is 4.55. The zero-order chi connectivity index (χ0) is 17.9. The summed E-state index contributed by atoms with van der Waals surface area (Å²) in [5.41, 5.74) is 1.83. The normalized spacial score (nSPS) is 16.3. The third kappa shape index (κ3) is 3.65. The van der Waals surface area contributed by atoms with E-state index in [0.29, 0.717) is 43.5 Å². The van der Waals surface area contributed by atoms with Crippen molar-refractivity contribution in [3.8, 4) is 11.5 Å². The van der Waals surface area contributed by atoms with Crippen molar-refractivity contribution < 1.29 is 14.3 Å². The van der Waals surface area contributed by atoms with Crippen molar-refractivity contribution in [2.45, 2.75) is 0 Å². The lowest BCUT2D eigenvalue weighted by atomic mass is 10.2. The van der Waals surface area contributed by atoms with Gasteiger partial charge in [0.25, 0.3) is 0 Å². The molecule has 0 atom stereocenters. The highest BCUT2D eigenvalue weighted by molar-refractivity contribution is 6.30. The Morgan fingerprint density at radius 3 is 2.35 bits per heavy atom. The molecule has 2 aromatic carbocycles. The third-order valence-corrected chi connectivity index (χ3v) is 4.80. The number of fused-ring (bicyclic) bond motifs is 1. The van der Waals surface area contributed by atoms with Gasteiger partial charge in [0, 0.05) is 48.6 Å². The molecule has 2 aliphatic heterocycles. The lowest BCUT2D eigenvalue weighted by molar-refractivity contribution is 0.171. The van der Waals surface area contributed by atoms with Crippen LogP contribution in [0, 0.1) is 0 Å². The van der Waals surface area contributed by atoms with E-state index in [2.05, 4.69) is 10.2 Å². The number of halogens is 1. The maximum absolute atomic E-state index is 12.5. The fraction of sp³-hybridized carbons (Fsp3) is 0.316. The van der Waals surface area contributed by atoms with Gasteiger partial charge in [0.05, 0.1) is 0 Å². The van der Waals surface area contributed by atoms with Gasteiger partial charge in [-0.15, -0.1) is 0 Å². The number of amides is 2. The highest BCUT2D eigenvalue weighted by atomic mass is 35.5. The van der Waals surface area contributed by atoms with Crippen molar-refractivity contribution in [2.24, 2.45) is 0 Å². The van der Waals surface area contributed by atoms with E-state index in [1.54, 1.807) is 6.07 Å². The quantitative estimate of drug-likeness (QED) is 0.875. The molecule has 0 aromatic heterocycles. The predicted molar refractivity (Wildman–Crippen MR) is 102 cm³/mol. The molecular formula is C19H20ClN3O3. The minimum atomic E-state index is -0.0996. The number of anilines is 2. The van der Waals surface area contributed by atoms with Crippen LogP contribution in [0.25, 0.3) is 0 Å². The second kappa shape index (κ2) is 7.33. The zero-order valence-corrected chi connectivity index (χ0v) is 15.0. The van der Waals surface area contributed by atoms with Crippen molar-refractivity contribution in [3.05, 3.63) is 47.5 Å². The summed E-state index contributed by atoms with van der Waals surface area (Å²) in [7, 11) is 0. The number of hydrogen-bond donors (Lipinski definition) is 1. The number of nitrogens with zero attached hydrogens (tertiary/aromatic N) is 2. The second-order valence-corrected chi connectivity index (χ2v) is 6.68. The molecule has 2 aromatic rings. The lowest BCUT2D eigenvalue weighted by Gasteiger charge is -2.36. The van der Waals surface area contributed by atoms with E-state index >= 15 is 0 Å². The van der Waals surface area contributed by atoms with Crippen LogP contribution in [0.2, 0.25) is 5.02 Å². The van der Waals surface area contributed by atoms with E-state index in [-0.39, 0.29) is 6.03 Å². The molecule has 1 N–H and O–H groups in total. The first-order valence-corrected chi connectivity index (χ1v) is 9.03. The van der Waals surface area contributed by atoms with E-state index in [0.717, 1.165) is 23.8 Å². The Labute approximate surface area is 157 Å². The first-order valence-electron chi connectivity index (χ1n) is 8.65. The van der Waals surface area contributed by atoms with Gasteiger partial charge in [-0.3, -0.25) is 0 Å². The first-order chi connectivity index (χ1) is 12.7. The summed E-state index contributed by atoms with van der Waals surface area (Å²) in [5, 5.41) is 3.67. The maximum Gasteiger partial charge on any atom is 0.321 e. The first kappa shape index (κ1) is 16.8. The lowest BCUT2D eigenvalue weighted by Crippen LogP contribution is -2.50. The van der Waals surface area contributed by atoms with Gasteiger partial charge in [-0.2, -0.15) is 0 Å². The molecule has 0 spiro atoms. The average molecular weight is 374 g/mol. The van der Waals surface area contributed by atoms with Crippen LogP contribution >= 0.6 is 11.6 Å². The van der Waals surface area contributed by atoms with Crippen molar-refractivity contribution in [1.82, 2.24) is 4.90 Å². The standard InChI is InChI=1S/C19H20ClN3O3/c20-14-1-4-16(5-2-14)22-7-9-23(10-8-22)19(24)21-15-3-6-17-18(13-15)26-12-11-25-17/h1-6,13H,7-12H2,(H,21,24). The molecule has 136 valence electrons. The molecule has 1 saturated heterocycles. The zero-order valence-electron chi connectivity index (χ0n) is 14.3. The molecule has 6 nitrogen and oxygen atoms in total. The summed E-state index contributed by atoms with van der Waals surface area (Å²) < 4.78 is 11.1. The van der Waals surface area contributed by atoms with Crippen LogP contribution in [-0.2, 0) is 0 Å². The predicted octanol–water partition coefficient (Wildman–Crippen LogP) is 3.47. The minimum absolute atomic E-state index is 0.0996. The van der Waals surface area contributed by atoms with Gasteiger partial charge in [-0.05, 0) is 36.4 Å². The van der Waals surface area contributed by atoms with Crippen molar-refractivity contribution in [3.63, 3.8) is 0 Å². The number of rotatable bonds is 2. The van der Waals surface area contributed by atoms with E-state index in [9.17, 15) is 4.79 Å². The number of ether oxygens (including phenoxy) is 2. The molecular weight excluding hydrogens is 354 g/mol. The van der Waals surface area contributed by atoms with E-state index in [4.69, 9.17) is 21.1 Å². The summed E-state index contributed by atoms with van der Waals surface area (Å²) >= 11 is 5.94. The van der Waals surface area contributed by atoms with Crippen molar-refractivity contribution >= 4 is 29.0 Å². The smallest absolute Gasteiger partial charge is 0.321 e. The fourth-order valence-corrected chi connectivity index (χ4v) is 3.27. The van der Waals surface area contributed by atoms with Gasteiger partial charge >= 0.3 is 6.03 Å². The Morgan fingerprint density at radius 2 is 1.62 bits per heavy atom. The summed E-state index contributed by atoms with van der Waals surface area (Å²) in [6.07, 6.45) is 0. The van der Waals surface area contributed by atoms with E-state index in [1.165, 1.54) is 0 Å². The van der Waals surface area contributed by atoms with Gasteiger partial charge in [0.15, 0.2) is 11.5 Å². The number of hydrogen-bond acceptors (Lipinski definition) is 4. The topological polar surface area (TPSA) is 54.0 Å². The molecule has 7 heteroatoms. The molecule has 4 rings (SSSR count). The van der Waals surface area contributed by atoms with Crippen LogP contribution in [0.15, 0.2) is 42.5 Å². The molecule has 0 radical (unpaired) electrons. The highest BCUT2D eigenvalue weighted by Gasteiger charge is 2.22. The van der Waals surface area contributed by atoms with Gasteiger partial charge in [-0.1, -0.05) is 11.6 Å². The number of nitrogens with one attached hydrogen (secondary N) is 1. The maximum atomic E-state index is 12.5. The van der Waals surface area contributed by atoms with Crippen LogP contribution in [-0.4, -0.2) is 50.3 Å². The number of carbonyl (C=O) groups excluding carboxylic acids is 1. The summed E-state index contributed by atoms with van der Waals surface area (Å²) in [5.74, 6) is 1.38. The minimum Gasteiger partial charge on any atom is -0.486 e. The SMILES string of the molecule is O=C(Nc1ccc2c(c1)OCCO2)N1CCN(c2ccc(Cl)cc2)CC1. The molecule has 0 unspecified atom stereocenters. The van der Waals surface area contributed by atoms with Gasteiger partial charge in [0.2, 0.25) is 0 Å². The van der Waals surface area contributed by atoms with Gasteiger partial charge in [0.1, 0.15) is 13.2 Å². The molecule has 0 bridgehead atoms. The Bertz CT molecular complexity index is 789. The number of piperazine rings is 1. The number of carbonyl (C=O) groups is 1. The van der Waals surface area contributed by atoms with Crippen LogP contribution in [0.5, 0.6) is 11.5 Å². The Morgan fingerprint density at radius 1 is 0.923 bits per heavy atom. The molecule has 2 aliphatic rings. The monoisotopic (exact) mass is 373 g/mol. The number of urea groups is 1. The molecule has 2 amide bonds.